The van der Waals surface area contributed by atoms with Gasteiger partial charge in [-0.2, -0.15) is 0 Å². The maximum atomic E-state index is 6.50. The number of rotatable bonds is 10. The Morgan fingerprint density at radius 1 is 0.879 bits per heavy atom. The van der Waals surface area contributed by atoms with Gasteiger partial charge >= 0.3 is 0 Å². The van der Waals surface area contributed by atoms with E-state index in [1.54, 1.807) is 0 Å². The van der Waals surface area contributed by atoms with E-state index in [0.717, 1.165) is 12.8 Å². The normalized spacial score (nSPS) is 32.4. The molecular formula is C27H42O6. The third-order valence-electron chi connectivity index (χ3n) is 6.74. The van der Waals surface area contributed by atoms with E-state index in [9.17, 15) is 0 Å². The molecule has 0 unspecified atom stereocenters. The van der Waals surface area contributed by atoms with Gasteiger partial charge in [-0.05, 0) is 70.1 Å². The average molecular weight is 463 g/mol. The highest BCUT2D eigenvalue weighted by Gasteiger charge is 2.58. The van der Waals surface area contributed by atoms with Crippen molar-refractivity contribution in [2.75, 3.05) is 6.61 Å². The van der Waals surface area contributed by atoms with Gasteiger partial charge in [0.1, 0.15) is 24.4 Å². The van der Waals surface area contributed by atoms with Crippen LogP contribution in [0.4, 0.5) is 0 Å². The van der Waals surface area contributed by atoms with E-state index < -0.39 is 17.9 Å². The van der Waals surface area contributed by atoms with Crippen molar-refractivity contribution in [3.63, 3.8) is 0 Å². The lowest BCUT2D eigenvalue weighted by Crippen LogP contribution is -2.44. The Kier molecular flexibility index (Phi) is 7.83. The average Bonchev–Trinajstić information content (AvgIpc) is 3.38. The molecule has 0 bridgehead atoms. The summed E-state index contributed by atoms with van der Waals surface area (Å²) < 4.78 is 36.9. The summed E-state index contributed by atoms with van der Waals surface area (Å²) in [5.74, 6) is -1.32. The first-order valence-electron chi connectivity index (χ1n) is 12.8. The molecule has 0 radical (unpaired) electrons. The van der Waals surface area contributed by atoms with Crippen molar-refractivity contribution in [2.45, 2.75) is 129 Å². The van der Waals surface area contributed by atoms with E-state index in [1.807, 2.05) is 27.7 Å². The summed E-state index contributed by atoms with van der Waals surface area (Å²) in [6.07, 6.45) is 5.55. The molecule has 4 rings (SSSR count). The Bertz CT molecular complexity index is 791. The molecule has 3 heterocycles. The van der Waals surface area contributed by atoms with Gasteiger partial charge in [-0.1, -0.05) is 44.9 Å². The molecule has 1 aromatic rings. The molecule has 3 aliphatic heterocycles. The largest absolute Gasteiger partial charge is 0.368 e. The summed E-state index contributed by atoms with van der Waals surface area (Å²) in [5.41, 5.74) is 4.12. The third kappa shape index (κ3) is 5.98. The van der Waals surface area contributed by atoms with Crippen LogP contribution in [-0.2, 0) is 47.9 Å². The number of ether oxygens (including phenoxy) is 6. The van der Waals surface area contributed by atoms with Crippen LogP contribution in [0, 0.1) is 0 Å². The molecule has 0 aliphatic carbocycles. The fraction of sp³-hybridized carbons (Fsp3) is 0.778. The van der Waals surface area contributed by atoms with Gasteiger partial charge in [0, 0.05) is 0 Å². The molecule has 0 saturated carbocycles. The van der Waals surface area contributed by atoms with Crippen LogP contribution in [0.15, 0.2) is 18.2 Å². The van der Waals surface area contributed by atoms with Crippen molar-refractivity contribution in [1.82, 2.24) is 0 Å². The van der Waals surface area contributed by atoms with Crippen LogP contribution >= 0.6 is 0 Å². The van der Waals surface area contributed by atoms with E-state index in [0.29, 0.717) is 13.2 Å². The van der Waals surface area contributed by atoms with E-state index in [4.69, 9.17) is 28.4 Å². The van der Waals surface area contributed by atoms with Crippen molar-refractivity contribution < 1.29 is 28.4 Å². The Morgan fingerprint density at radius 3 is 2.27 bits per heavy atom. The van der Waals surface area contributed by atoms with Crippen molar-refractivity contribution in [3.05, 3.63) is 34.9 Å². The third-order valence-corrected chi connectivity index (χ3v) is 6.74. The molecule has 6 heteroatoms. The molecule has 186 valence electrons. The molecule has 0 amide bonds. The summed E-state index contributed by atoms with van der Waals surface area (Å²) in [7, 11) is 0. The van der Waals surface area contributed by atoms with Crippen LogP contribution in [0.2, 0.25) is 0 Å². The SMILES string of the molecule is CCCCc1ccc(CO[C@@H]2[C@H]3OC(C)(C)O[C@H]3O[C@@H]2[C@H]2COC(C)(C)O2)cc1CCCC. The van der Waals surface area contributed by atoms with Gasteiger partial charge in [0.2, 0.25) is 0 Å². The predicted octanol–water partition coefficient (Wildman–Crippen LogP) is 5.28. The predicted molar refractivity (Wildman–Crippen MR) is 126 cm³/mol. The Labute approximate surface area is 199 Å². The highest BCUT2D eigenvalue weighted by molar-refractivity contribution is 5.32. The van der Waals surface area contributed by atoms with Crippen molar-refractivity contribution in [2.24, 2.45) is 0 Å². The van der Waals surface area contributed by atoms with Crippen LogP contribution in [0.1, 0.15) is 83.9 Å². The van der Waals surface area contributed by atoms with E-state index >= 15 is 0 Å². The minimum Gasteiger partial charge on any atom is -0.368 e. The first-order chi connectivity index (χ1) is 15.7. The minimum atomic E-state index is -0.692. The number of unbranched alkanes of at least 4 members (excludes halogenated alkanes) is 2. The van der Waals surface area contributed by atoms with Crippen molar-refractivity contribution >= 4 is 0 Å². The first-order valence-corrected chi connectivity index (χ1v) is 12.8. The zero-order valence-corrected chi connectivity index (χ0v) is 21.2. The summed E-state index contributed by atoms with van der Waals surface area (Å²) in [6.45, 7) is 13.1. The van der Waals surface area contributed by atoms with Crippen molar-refractivity contribution in [3.8, 4) is 0 Å². The highest BCUT2D eigenvalue weighted by Crippen LogP contribution is 2.42. The summed E-state index contributed by atoms with van der Waals surface area (Å²) >= 11 is 0. The van der Waals surface area contributed by atoms with Crippen LogP contribution in [0.3, 0.4) is 0 Å². The van der Waals surface area contributed by atoms with E-state index in [1.165, 1.54) is 42.4 Å². The molecule has 6 nitrogen and oxygen atoms in total. The molecule has 1 aromatic carbocycles. The molecule has 0 aromatic heterocycles. The summed E-state index contributed by atoms with van der Waals surface area (Å²) in [6, 6.07) is 6.83. The van der Waals surface area contributed by atoms with Gasteiger partial charge in [-0.3, -0.25) is 0 Å². The highest BCUT2D eigenvalue weighted by atomic mass is 16.8. The zero-order chi connectivity index (χ0) is 23.6. The molecule has 3 saturated heterocycles. The Hall–Kier alpha value is -1.02. The van der Waals surface area contributed by atoms with Gasteiger partial charge in [0.15, 0.2) is 17.9 Å². The number of aryl methyl sites for hydroxylation is 2. The van der Waals surface area contributed by atoms with E-state index in [-0.39, 0.29) is 24.4 Å². The zero-order valence-electron chi connectivity index (χ0n) is 21.2. The Morgan fingerprint density at radius 2 is 1.61 bits per heavy atom. The summed E-state index contributed by atoms with van der Waals surface area (Å²) in [4.78, 5) is 0. The van der Waals surface area contributed by atoms with Crippen LogP contribution in [0.25, 0.3) is 0 Å². The number of fused-ring (bicyclic) bond motifs is 1. The molecule has 5 atom stereocenters. The lowest BCUT2D eigenvalue weighted by atomic mass is 9.96. The Balaban J connectivity index is 1.48. The van der Waals surface area contributed by atoms with Crippen LogP contribution in [0.5, 0.6) is 0 Å². The van der Waals surface area contributed by atoms with Crippen molar-refractivity contribution in [1.29, 1.82) is 0 Å². The van der Waals surface area contributed by atoms with Crippen LogP contribution in [-0.4, -0.2) is 48.9 Å². The second-order valence-corrected chi connectivity index (χ2v) is 10.5. The maximum Gasteiger partial charge on any atom is 0.190 e. The van der Waals surface area contributed by atoms with Gasteiger partial charge in [0.05, 0.1) is 13.2 Å². The maximum absolute atomic E-state index is 6.50. The van der Waals surface area contributed by atoms with E-state index in [2.05, 4.69) is 32.0 Å². The molecule has 0 N–H and O–H groups in total. The molecule has 3 aliphatic rings. The number of hydrogen-bond donors (Lipinski definition) is 0. The first kappa shape index (κ1) is 25.1. The second-order valence-electron chi connectivity index (χ2n) is 10.5. The minimum absolute atomic E-state index is 0.220. The van der Waals surface area contributed by atoms with Gasteiger partial charge in [-0.15, -0.1) is 0 Å². The number of hydrogen-bond acceptors (Lipinski definition) is 6. The number of benzene rings is 1. The fourth-order valence-corrected chi connectivity index (χ4v) is 5.04. The molecule has 33 heavy (non-hydrogen) atoms. The summed E-state index contributed by atoms with van der Waals surface area (Å²) in [5, 5.41) is 0. The smallest absolute Gasteiger partial charge is 0.190 e. The van der Waals surface area contributed by atoms with Gasteiger partial charge in [-0.25, -0.2) is 0 Å². The monoisotopic (exact) mass is 462 g/mol. The standard InChI is InChI=1S/C27H42O6/c1-7-9-11-19-14-13-18(15-20(19)12-10-8-2)16-28-23-22(21-17-29-26(3,4)31-21)30-25-24(23)32-27(5,6)33-25/h13-15,21-25H,7-12,16-17H2,1-6H3/t21-,22-,23+,24-,25-/m1/s1. The van der Waals surface area contributed by atoms with Crippen LogP contribution < -0.4 is 0 Å². The lowest BCUT2D eigenvalue weighted by molar-refractivity contribution is -0.236. The molecular weight excluding hydrogens is 420 g/mol. The second kappa shape index (κ2) is 10.3. The van der Waals surface area contributed by atoms with Gasteiger partial charge < -0.3 is 28.4 Å². The topological polar surface area (TPSA) is 55.4 Å². The molecule has 3 fully saturated rings. The quantitative estimate of drug-likeness (QED) is 0.471. The fourth-order valence-electron chi connectivity index (χ4n) is 5.04. The van der Waals surface area contributed by atoms with Gasteiger partial charge in [0.25, 0.3) is 0 Å². The molecule has 0 spiro atoms. The lowest BCUT2D eigenvalue weighted by Gasteiger charge is -2.29.